The molecule has 0 fully saturated rings. The zero-order valence-electron chi connectivity index (χ0n) is 5.86. The molecule has 0 aromatic carbocycles. The second-order valence-electron chi connectivity index (χ2n) is 1.98. The summed E-state index contributed by atoms with van der Waals surface area (Å²) in [6, 6.07) is 0. The molecular formula is C5H7ClN2O2S. The summed E-state index contributed by atoms with van der Waals surface area (Å²) in [6.07, 6.45) is 2.82. The van der Waals surface area contributed by atoms with Crippen LogP contribution in [0.5, 0.6) is 0 Å². The van der Waals surface area contributed by atoms with Gasteiger partial charge in [0.1, 0.15) is 0 Å². The Hall–Kier alpha value is -0.550. The minimum Gasteiger partial charge on any atom is -0.336 e. The van der Waals surface area contributed by atoms with Gasteiger partial charge in [0.05, 0.1) is 6.33 Å². The van der Waals surface area contributed by atoms with Crippen LogP contribution >= 0.6 is 10.7 Å². The molecule has 6 heteroatoms. The molecule has 11 heavy (non-hydrogen) atoms. The first-order valence-electron chi connectivity index (χ1n) is 3.00. The lowest BCUT2D eigenvalue weighted by Crippen LogP contribution is -1.90. The SMILES string of the molecule is CCn1cnc(S(=O)(=O)Cl)c1. The lowest BCUT2D eigenvalue weighted by Gasteiger charge is -1.89. The van der Waals surface area contributed by atoms with E-state index in [0.717, 1.165) is 0 Å². The van der Waals surface area contributed by atoms with Crippen LogP contribution < -0.4 is 0 Å². The first-order valence-corrected chi connectivity index (χ1v) is 5.31. The average Bonchev–Trinajstić information content (AvgIpc) is 2.32. The summed E-state index contributed by atoms with van der Waals surface area (Å²) in [5, 5.41) is -0.0963. The number of hydrogen-bond donors (Lipinski definition) is 0. The van der Waals surface area contributed by atoms with Crippen LogP contribution in [-0.2, 0) is 15.6 Å². The van der Waals surface area contributed by atoms with Gasteiger partial charge in [-0.3, -0.25) is 0 Å². The van der Waals surface area contributed by atoms with Crippen LogP contribution in [0.25, 0.3) is 0 Å². The molecule has 0 amide bonds. The van der Waals surface area contributed by atoms with Crippen LogP contribution in [0.3, 0.4) is 0 Å². The molecule has 0 saturated heterocycles. The normalized spacial score (nSPS) is 11.8. The average molecular weight is 195 g/mol. The van der Waals surface area contributed by atoms with Crippen molar-refractivity contribution in [3.8, 4) is 0 Å². The van der Waals surface area contributed by atoms with Crippen molar-refractivity contribution in [3.63, 3.8) is 0 Å². The quantitative estimate of drug-likeness (QED) is 0.656. The van der Waals surface area contributed by atoms with Gasteiger partial charge in [-0.15, -0.1) is 0 Å². The maximum absolute atomic E-state index is 10.7. The largest absolute Gasteiger partial charge is 0.336 e. The Bertz CT molecular complexity index is 343. The van der Waals surface area contributed by atoms with Gasteiger partial charge in [-0.1, -0.05) is 0 Å². The molecule has 0 bridgehead atoms. The number of aryl methyl sites for hydroxylation is 1. The standard InChI is InChI=1S/C5H7ClN2O2S/c1-2-8-3-5(7-4-8)11(6,9)10/h3-4H,2H2,1H3. The molecule has 62 valence electrons. The molecule has 1 aromatic rings. The van der Waals surface area contributed by atoms with E-state index in [1.165, 1.54) is 12.5 Å². The van der Waals surface area contributed by atoms with Crippen LogP contribution in [0, 0.1) is 0 Å². The van der Waals surface area contributed by atoms with E-state index in [4.69, 9.17) is 10.7 Å². The van der Waals surface area contributed by atoms with Gasteiger partial charge < -0.3 is 4.57 Å². The summed E-state index contributed by atoms with van der Waals surface area (Å²) in [4.78, 5) is 3.60. The van der Waals surface area contributed by atoms with Gasteiger partial charge in [0.25, 0.3) is 9.05 Å². The molecule has 0 aliphatic carbocycles. The summed E-state index contributed by atoms with van der Waals surface area (Å²) < 4.78 is 22.9. The summed E-state index contributed by atoms with van der Waals surface area (Å²) in [6.45, 7) is 2.56. The Morgan fingerprint density at radius 2 is 2.36 bits per heavy atom. The third-order valence-electron chi connectivity index (χ3n) is 1.22. The molecule has 1 heterocycles. The van der Waals surface area contributed by atoms with Crippen molar-refractivity contribution in [2.75, 3.05) is 0 Å². The van der Waals surface area contributed by atoms with Gasteiger partial charge in [0.2, 0.25) is 0 Å². The van der Waals surface area contributed by atoms with Crippen molar-refractivity contribution in [3.05, 3.63) is 12.5 Å². The summed E-state index contributed by atoms with van der Waals surface area (Å²) in [5.74, 6) is 0. The van der Waals surface area contributed by atoms with Gasteiger partial charge in [0.15, 0.2) is 5.03 Å². The van der Waals surface area contributed by atoms with Crippen molar-refractivity contribution >= 4 is 19.7 Å². The van der Waals surface area contributed by atoms with Crippen LogP contribution in [0.1, 0.15) is 6.92 Å². The molecular weight excluding hydrogens is 188 g/mol. The number of aromatic nitrogens is 2. The monoisotopic (exact) mass is 194 g/mol. The molecule has 4 nitrogen and oxygen atoms in total. The number of nitrogens with zero attached hydrogens (tertiary/aromatic N) is 2. The Kier molecular flexibility index (Phi) is 2.20. The predicted molar refractivity (Wildman–Crippen MR) is 40.9 cm³/mol. The second-order valence-corrected chi connectivity index (χ2v) is 4.49. The van der Waals surface area contributed by atoms with Crippen molar-refractivity contribution in [1.29, 1.82) is 0 Å². The van der Waals surface area contributed by atoms with Crippen LogP contribution in [-0.4, -0.2) is 18.0 Å². The molecule has 1 rings (SSSR count). The van der Waals surface area contributed by atoms with Crippen molar-refractivity contribution in [1.82, 2.24) is 9.55 Å². The molecule has 0 aliphatic heterocycles. The zero-order valence-corrected chi connectivity index (χ0v) is 7.43. The zero-order chi connectivity index (χ0) is 8.48. The van der Waals surface area contributed by atoms with Crippen LogP contribution in [0.4, 0.5) is 0 Å². The Morgan fingerprint density at radius 3 is 2.64 bits per heavy atom. The molecule has 0 N–H and O–H groups in total. The van der Waals surface area contributed by atoms with Crippen molar-refractivity contribution in [2.45, 2.75) is 18.5 Å². The predicted octanol–water partition coefficient (Wildman–Crippen LogP) is 0.831. The maximum atomic E-state index is 10.7. The number of imidazole rings is 1. The van der Waals surface area contributed by atoms with E-state index in [0.29, 0.717) is 6.54 Å². The van der Waals surface area contributed by atoms with Crippen molar-refractivity contribution < 1.29 is 8.42 Å². The highest BCUT2D eigenvalue weighted by molar-refractivity contribution is 8.13. The van der Waals surface area contributed by atoms with E-state index in [1.807, 2.05) is 6.92 Å². The van der Waals surface area contributed by atoms with E-state index < -0.39 is 9.05 Å². The molecule has 0 aliphatic rings. The molecule has 1 aromatic heterocycles. The highest BCUT2D eigenvalue weighted by atomic mass is 35.7. The topological polar surface area (TPSA) is 52.0 Å². The minimum atomic E-state index is -3.65. The smallest absolute Gasteiger partial charge is 0.280 e. The lowest BCUT2D eigenvalue weighted by molar-refractivity contribution is 0.606. The summed E-state index contributed by atoms with van der Waals surface area (Å²) in [5.41, 5.74) is 0. The van der Waals surface area contributed by atoms with Crippen LogP contribution in [0.15, 0.2) is 17.6 Å². The highest BCUT2D eigenvalue weighted by Gasteiger charge is 2.12. The van der Waals surface area contributed by atoms with Gasteiger partial charge in [0, 0.05) is 23.4 Å². The summed E-state index contributed by atoms with van der Waals surface area (Å²) >= 11 is 0. The van der Waals surface area contributed by atoms with Crippen molar-refractivity contribution in [2.24, 2.45) is 0 Å². The molecule has 0 spiro atoms. The summed E-state index contributed by atoms with van der Waals surface area (Å²) in [7, 11) is 1.37. The van der Waals surface area contributed by atoms with E-state index in [-0.39, 0.29) is 5.03 Å². The van der Waals surface area contributed by atoms with Gasteiger partial charge >= 0.3 is 0 Å². The number of halogens is 1. The maximum Gasteiger partial charge on any atom is 0.280 e. The first kappa shape index (κ1) is 8.55. The van der Waals surface area contributed by atoms with Gasteiger partial charge in [-0.25, -0.2) is 13.4 Å². The second kappa shape index (κ2) is 2.83. The Labute approximate surface area is 69.2 Å². The number of rotatable bonds is 2. The van der Waals surface area contributed by atoms with Gasteiger partial charge in [-0.05, 0) is 6.92 Å². The molecule has 0 radical (unpaired) electrons. The lowest BCUT2D eigenvalue weighted by atomic mass is 10.7. The Balaban J connectivity index is 3.09. The van der Waals surface area contributed by atoms with E-state index in [1.54, 1.807) is 4.57 Å². The molecule has 0 saturated carbocycles. The third-order valence-corrected chi connectivity index (χ3v) is 2.41. The number of hydrogen-bond acceptors (Lipinski definition) is 3. The molecule has 0 unspecified atom stereocenters. The van der Waals surface area contributed by atoms with Crippen LogP contribution in [0.2, 0.25) is 0 Å². The minimum absolute atomic E-state index is 0.0963. The first-order chi connectivity index (χ1) is 5.04. The van der Waals surface area contributed by atoms with E-state index in [9.17, 15) is 8.42 Å². The fourth-order valence-corrected chi connectivity index (χ4v) is 1.31. The fraction of sp³-hybridized carbons (Fsp3) is 0.400. The fourth-order valence-electron chi connectivity index (χ4n) is 0.638. The third kappa shape index (κ3) is 1.94. The van der Waals surface area contributed by atoms with E-state index in [2.05, 4.69) is 4.98 Å². The van der Waals surface area contributed by atoms with E-state index >= 15 is 0 Å². The highest BCUT2D eigenvalue weighted by Crippen LogP contribution is 2.10. The Morgan fingerprint density at radius 1 is 1.73 bits per heavy atom. The molecule has 0 atom stereocenters. The van der Waals surface area contributed by atoms with Gasteiger partial charge in [-0.2, -0.15) is 0 Å².